The third-order valence-corrected chi connectivity index (χ3v) is 2.56. The van der Waals surface area contributed by atoms with Crippen LogP contribution in [0.25, 0.3) is 0 Å². The number of hydrogen-bond donors (Lipinski definition) is 0. The summed E-state index contributed by atoms with van der Waals surface area (Å²) in [5.74, 6) is 0. The highest BCUT2D eigenvalue weighted by Crippen LogP contribution is 2.25. The molecule has 0 N–H and O–H groups in total. The molecular formula is C11H15N3O. The third kappa shape index (κ3) is 1.64. The van der Waals surface area contributed by atoms with Gasteiger partial charge < -0.3 is 4.74 Å². The summed E-state index contributed by atoms with van der Waals surface area (Å²) >= 11 is 0. The monoisotopic (exact) mass is 205 g/mol. The van der Waals surface area contributed by atoms with Gasteiger partial charge in [-0.1, -0.05) is 0 Å². The Kier molecular flexibility index (Phi) is 2.28. The number of hydrogen-bond acceptors (Lipinski definition) is 3. The Labute approximate surface area is 89.5 Å². The standard InChI is InChI=1S/C11H15N3O/c1-11(2,3)14-10-4-5-15-7-8(10)9(6-12)13-14/h4-5,7H2,1-3H3. The van der Waals surface area contributed by atoms with Crippen LogP contribution in [0, 0.1) is 11.3 Å². The first-order valence-corrected chi connectivity index (χ1v) is 5.13. The number of aromatic nitrogens is 2. The average Bonchev–Trinajstić information content (AvgIpc) is 2.55. The van der Waals surface area contributed by atoms with E-state index in [1.807, 2.05) is 4.68 Å². The van der Waals surface area contributed by atoms with Gasteiger partial charge in [-0.3, -0.25) is 4.68 Å². The van der Waals surface area contributed by atoms with E-state index in [0.717, 1.165) is 24.3 Å². The highest BCUT2D eigenvalue weighted by Gasteiger charge is 2.26. The second-order valence-electron chi connectivity index (χ2n) is 4.77. The Morgan fingerprint density at radius 3 is 2.80 bits per heavy atom. The number of nitrogens with zero attached hydrogens (tertiary/aromatic N) is 3. The molecule has 0 fully saturated rings. The molecule has 0 atom stereocenters. The molecule has 0 amide bonds. The molecule has 2 heterocycles. The molecule has 0 unspecified atom stereocenters. The van der Waals surface area contributed by atoms with Gasteiger partial charge in [-0.15, -0.1) is 0 Å². The first-order chi connectivity index (χ1) is 7.04. The van der Waals surface area contributed by atoms with Crippen LogP contribution >= 0.6 is 0 Å². The van der Waals surface area contributed by atoms with E-state index in [9.17, 15) is 0 Å². The predicted octanol–water partition coefficient (Wildman–Crippen LogP) is 1.58. The molecule has 0 bridgehead atoms. The van der Waals surface area contributed by atoms with Crippen LogP contribution in [0.15, 0.2) is 0 Å². The molecule has 4 heteroatoms. The summed E-state index contributed by atoms with van der Waals surface area (Å²) in [7, 11) is 0. The minimum Gasteiger partial charge on any atom is -0.376 e. The molecule has 1 aromatic rings. The van der Waals surface area contributed by atoms with E-state index in [2.05, 4.69) is 31.9 Å². The first-order valence-electron chi connectivity index (χ1n) is 5.13. The average molecular weight is 205 g/mol. The van der Waals surface area contributed by atoms with E-state index in [0.29, 0.717) is 12.3 Å². The van der Waals surface area contributed by atoms with Crippen molar-refractivity contribution < 1.29 is 4.74 Å². The van der Waals surface area contributed by atoms with Crippen LogP contribution in [0.2, 0.25) is 0 Å². The van der Waals surface area contributed by atoms with Crippen molar-refractivity contribution in [2.24, 2.45) is 0 Å². The maximum Gasteiger partial charge on any atom is 0.168 e. The highest BCUT2D eigenvalue weighted by molar-refractivity contribution is 5.36. The largest absolute Gasteiger partial charge is 0.376 e. The molecule has 0 spiro atoms. The Morgan fingerprint density at radius 1 is 1.47 bits per heavy atom. The summed E-state index contributed by atoms with van der Waals surface area (Å²) < 4.78 is 7.32. The fraction of sp³-hybridized carbons (Fsp3) is 0.636. The van der Waals surface area contributed by atoms with Gasteiger partial charge >= 0.3 is 0 Å². The van der Waals surface area contributed by atoms with Gasteiger partial charge in [0.1, 0.15) is 6.07 Å². The maximum absolute atomic E-state index is 8.99. The quantitative estimate of drug-likeness (QED) is 0.646. The molecule has 4 nitrogen and oxygen atoms in total. The van der Waals surface area contributed by atoms with Gasteiger partial charge in [0.15, 0.2) is 5.69 Å². The Bertz CT molecular complexity index is 420. The summed E-state index contributed by atoms with van der Waals surface area (Å²) in [6.07, 6.45) is 0.848. The van der Waals surface area contributed by atoms with Crippen molar-refractivity contribution in [2.75, 3.05) is 6.61 Å². The molecule has 0 aromatic carbocycles. The zero-order valence-corrected chi connectivity index (χ0v) is 9.37. The number of fused-ring (bicyclic) bond motifs is 1. The number of nitriles is 1. The molecule has 0 aliphatic carbocycles. The minimum absolute atomic E-state index is 0.0729. The van der Waals surface area contributed by atoms with Gasteiger partial charge in [0, 0.05) is 17.7 Å². The molecular weight excluding hydrogens is 190 g/mol. The van der Waals surface area contributed by atoms with Crippen LogP contribution in [-0.4, -0.2) is 16.4 Å². The lowest BCUT2D eigenvalue weighted by atomic mass is 10.1. The van der Waals surface area contributed by atoms with Gasteiger partial charge in [0.05, 0.1) is 18.8 Å². The molecule has 1 aliphatic heterocycles. The summed E-state index contributed by atoms with van der Waals surface area (Å²) in [6, 6.07) is 2.14. The van der Waals surface area contributed by atoms with Crippen molar-refractivity contribution in [1.82, 2.24) is 9.78 Å². The minimum atomic E-state index is -0.0729. The third-order valence-electron chi connectivity index (χ3n) is 2.56. The normalized spacial score (nSPS) is 15.9. The van der Waals surface area contributed by atoms with Crippen molar-refractivity contribution in [3.05, 3.63) is 17.0 Å². The molecule has 1 aliphatic rings. The van der Waals surface area contributed by atoms with Crippen LogP contribution in [0.4, 0.5) is 0 Å². The molecule has 0 saturated carbocycles. The van der Waals surface area contributed by atoms with Gasteiger partial charge in [-0.25, -0.2) is 0 Å². The van der Waals surface area contributed by atoms with Crippen LogP contribution in [0.1, 0.15) is 37.7 Å². The lowest BCUT2D eigenvalue weighted by Gasteiger charge is -2.24. The van der Waals surface area contributed by atoms with Crippen LogP contribution in [0.3, 0.4) is 0 Å². The summed E-state index contributed by atoms with van der Waals surface area (Å²) in [5, 5.41) is 13.3. The zero-order chi connectivity index (χ0) is 11.1. The number of ether oxygens (including phenoxy) is 1. The fourth-order valence-electron chi connectivity index (χ4n) is 1.88. The smallest absolute Gasteiger partial charge is 0.168 e. The Balaban J connectivity index is 2.58. The topological polar surface area (TPSA) is 50.8 Å². The number of rotatable bonds is 0. The second-order valence-corrected chi connectivity index (χ2v) is 4.77. The van der Waals surface area contributed by atoms with E-state index < -0.39 is 0 Å². The van der Waals surface area contributed by atoms with Crippen molar-refractivity contribution in [2.45, 2.75) is 39.3 Å². The van der Waals surface area contributed by atoms with E-state index in [1.54, 1.807) is 0 Å². The molecule has 15 heavy (non-hydrogen) atoms. The molecule has 0 radical (unpaired) electrons. The van der Waals surface area contributed by atoms with Gasteiger partial charge in [0.25, 0.3) is 0 Å². The summed E-state index contributed by atoms with van der Waals surface area (Å²) in [5.41, 5.74) is 2.57. The molecule has 0 saturated heterocycles. The van der Waals surface area contributed by atoms with Crippen LogP contribution in [-0.2, 0) is 23.3 Å². The zero-order valence-electron chi connectivity index (χ0n) is 9.37. The van der Waals surface area contributed by atoms with Crippen molar-refractivity contribution in [1.29, 1.82) is 5.26 Å². The highest BCUT2D eigenvalue weighted by atomic mass is 16.5. The van der Waals surface area contributed by atoms with Crippen molar-refractivity contribution in [3.63, 3.8) is 0 Å². The van der Waals surface area contributed by atoms with Crippen molar-refractivity contribution in [3.8, 4) is 6.07 Å². The predicted molar refractivity (Wildman–Crippen MR) is 55.3 cm³/mol. The van der Waals surface area contributed by atoms with Gasteiger partial charge in [0.2, 0.25) is 0 Å². The molecule has 80 valence electrons. The fourth-order valence-corrected chi connectivity index (χ4v) is 1.88. The van der Waals surface area contributed by atoms with Crippen molar-refractivity contribution >= 4 is 0 Å². The van der Waals surface area contributed by atoms with Crippen LogP contribution < -0.4 is 0 Å². The SMILES string of the molecule is CC(C)(C)n1nc(C#N)c2c1CCOC2. The van der Waals surface area contributed by atoms with E-state index in [4.69, 9.17) is 10.00 Å². The first kappa shape index (κ1) is 10.2. The van der Waals surface area contributed by atoms with Crippen LogP contribution in [0.5, 0.6) is 0 Å². The maximum atomic E-state index is 8.99. The van der Waals surface area contributed by atoms with E-state index >= 15 is 0 Å². The Hall–Kier alpha value is -1.34. The Morgan fingerprint density at radius 2 is 2.20 bits per heavy atom. The van der Waals surface area contributed by atoms with Gasteiger partial charge in [-0.05, 0) is 20.8 Å². The lowest BCUT2D eigenvalue weighted by molar-refractivity contribution is 0.107. The van der Waals surface area contributed by atoms with E-state index in [-0.39, 0.29) is 5.54 Å². The molecule has 2 rings (SSSR count). The van der Waals surface area contributed by atoms with E-state index in [1.165, 1.54) is 0 Å². The second kappa shape index (κ2) is 3.35. The lowest BCUT2D eigenvalue weighted by Crippen LogP contribution is -2.27. The van der Waals surface area contributed by atoms with Gasteiger partial charge in [-0.2, -0.15) is 10.4 Å². The summed E-state index contributed by atoms with van der Waals surface area (Å²) in [4.78, 5) is 0. The molecule has 1 aromatic heterocycles. The summed E-state index contributed by atoms with van der Waals surface area (Å²) in [6.45, 7) is 7.53.